The molecule has 4 rings (SSSR count). The Hall–Kier alpha value is -2.82. The van der Waals surface area contributed by atoms with E-state index in [9.17, 15) is 9.59 Å². The zero-order valence-corrected chi connectivity index (χ0v) is 16.3. The Bertz CT molecular complexity index is 856. The van der Waals surface area contributed by atoms with Crippen LogP contribution >= 0.6 is 0 Å². The molecule has 0 unspecified atom stereocenters. The summed E-state index contributed by atoms with van der Waals surface area (Å²) < 4.78 is 4.73. The van der Waals surface area contributed by atoms with Crippen LogP contribution in [0.3, 0.4) is 0 Å². The van der Waals surface area contributed by atoms with Gasteiger partial charge in [0, 0.05) is 24.5 Å². The molecule has 5 heteroatoms. The molecule has 2 aromatic rings. The lowest BCUT2D eigenvalue weighted by atomic mass is 9.84. The molecule has 0 radical (unpaired) electrons. The number of methoxy groups -OCH3 is 1. The molecule has 0 atom stereocenters. The van der Waals surface area contributed by atoms with Crippen molar-refractivity contribution in [3.8, 4) is 0 Å². The molecule has 1 saturated heterocycles. The standard InChI is InChI=1S/C23H26N2O3/c1-28-22(26)18-10-12-20(13-11-18)24-14-15-25(23(24)27)21-9-5-8-19(16-21)17-6-3-2-4-7-17/h5,8-13,16-17H,2-4,6-7,14-15H2,1H3. The van der Waals surface area contributed by atoms with Crippen molar-refractivity contribution in [2.45, 2.75) is 38.0 Å². The van der Waals surface area contributed by atoms with Gasteiger partial charge in [0.25, 0.3) is 0 Å². The molecule has 2 fully saturated rings. The summed E-state index contributed by atoms with van der Waals surface area (Å²) in [6.07, 6.45) is 6.43. The second-order valence-corrected chi connectivity index (χ2v) is 7.55. The van der Waals surface area contributed by atoms with Gasteiger partial charge >= 0.3 is 12.0 Å². The van der Waals surface area contributed by atoms with Gasteiger partial charge in [-0.25, -0.2) is 9.59 Å². The first-order valence-corrected chi connectivity index (χ1v) is 10.0. The third-order valence-corrected chi connectivity index (χ3v) is 5.87. The molecule has 2 amide bonds. The van der Waals surface area contributed by atoms with Crippen LogP contribution in [-0.2, 0) is 4.74 Å². The Balaban J connectivity index is 1.50. The number of hydrogen-bond acceptors (Lipinski definition) is 3. The number of ether oxygens (including phenoxy) is 1. The van der Waals surface area contributed by atoms with E-state index in [1.54, 1.807) is 29.2 Å². The highest BCUT2D eigenvalue weighted by Gasteiger charge is 2.31. The summed E-state index contributed by atoms with van der Waals surface area (Å²) in [5, 5.41) is 0. The van der Waals surface area contributed by atoms with Crippen molar-refractivity contribution in [2.75, 3.05) is 30.0 Å². The van der Waals surface area contributed by atoms with E-state index in [2.05, 4.69) is 18.2 Å². The van der Waals surface area contributed by atoms with Crippen LogP contribution in [0.5, 0.6) is 0 Å². The van der Waals surface area contributed by atoms with E-state index >= 15 is 0 Å². The number of anilines is 2. The minimum absolute atomic E-state index is 0.0217. The lowest BCUT2D eigenvalue weighted by Gasteiger charge is -2.24. The molecule has 0 bridgehead atoms. The number of rotatable bonds is 4. The van der Waals surface area contributed by atoms with Crippen molar-refractivity contribution in [2.24, 2.45) is 0 Å². The summed E-state index contributed by atoms with van der Waals surface area (Å²) >= 11 is 0. The number of benzene rings is 2. The molecule has 0 aromatic heterocycles. The quantitative estimate of drug-likeness (QED) is 0.706. The molecule has 1 saturated carbocycles. The summed E-state index contributed by atoms with van der Waals surface area (Å²) in [4.78, 5) is 28.2. The molecule has 2 aliphatic rings. The minimum Gasteiger partial charge on any atom is -0.465 e. The fraction of sp³-hybridized carbons (Fsp3) is 0.391. The predicted molar refractivity (Wildman–Crippen MR) is 110 cm³/mol. The van der Waals surface area contributed by atoms with E-state index in [-0.39, 0.29) is 12.0 Å². The smallest absolute Gasteiger partial charge is 0.337 e. The van der Waals surface area contributed by atoms with Gasteiger partial charge in [-0.05, 0) is 60.7 Å². The highest BCUT2D eigenvalue weighted by molar-refractivity contribution is 6.06. The molecule has 1 heterocycles. The highest BCUT2D eigenvalue weighted by Crippen LogP contribution is 2.35. The van der Waals surface area contributed by atoms with Gasteiger partial charge in [-0.15, -0.1) is 0 Å². The number of urea groups is 1. The van der Waals surface area contributed by atoms with Crippen LogP contribution in [0.2, 0.25) is 0 Å². The average Bonchev–Trinajstić information content (AvgIpc) is 3.15. The molecule has 0 spiro atoms. The monoisotopic (exact) mass is 378 g/mol. The molecule has 0 N–H and O–H groups in total. The van der Waals surface area contributed by atoms with Crippen molar-refractivity contribution < 1.29 is 14.3 Å². The summed E-state index contributed by atoms with van der Waals surface area (Å²) in [6.45, 7) is 1.29. The number of amides is 2. The van der Waals surface area contributed by atoms with Crippen LogP contribution in [0, 0.1) is 0 Å². The highest BCUT2D eigenvalue weighted by atomic mass is 16.5. The molecular formula is C23H26N2O3. The molecule has 1 aliphatic carbocycles. The molecule has 1 aliphatic heterocycles. The van der Waals surface area contributed by atoms with Gasteiger partial charge in [-0.3, -0.25) is 9.80 Å². The van der Waals surface area contributed by atoms with Gasteiger partial charge in [0.1, 0.15) is 0 Å². The number of esters is 1. The first kappa shape index (κ1) is 18.5. The maximum absolute atomic E-state index is 13.0. The van der Waals surface area contributed by atoms with Crippen LogP contribution < -0.4 is 9.80 Å². The number of hydrogen-bond donors (Lipinski definition) is 0. The van der Waals surface area contributed by atoms with Crippen LogP contribution in [0.4, 0.5) is 16.2 Å². The number of nitrogens with zero attached hydrogens (tertiary/aromatic N) is 2. The second-order valence-electron chi connectivity index (χ2n) is 7.55. The first-order chi connectivity index (χ1) is 13.7. The van der Waals surface area contributed by atoms with Gasteiger partial charge in [0.05, 0.1) is 12.7 Å². The van der Waals surface area contributed by atoms with Gasteiger partial charge < -0.3 is 4.74 Å². The molecule has 28 heavy (non-hydrogen) atoms. The van der Waals surface area contributed by atoms with E-state index in [0.29, 0.717) is 24.6 Å². The SMILES string of the molecule is COC(=O)c1ccc(N2CCN(c3cccc(C4CCCCC4)c3)C2=O)cc1. The van der Waals surface area contributed by atoms with Crippen molar-refractivity contribution >= 4 is 23.4 Å². The third kappa shape index (κ3) is 3.61. The fourth-order valence-corrected chi connectivity index (χ4v) is 4.29. The lowest BCUT2D eigenvalue weighted by molar-refractivity contribution is 0.0600. The Morgan fingerprint density at radius 3 is 2.29 bits per heavy atom. The van der Waals surface area contributed by atoms with Crippen molar-refractivity contribution in [3.63, 3.8) is 0 Å². The summed E-state index contributed by atoms with van der Waals surface area (Å²) in [5.41, 5.74) is 3.60. The van der Waals surface area contributed by atoms with Gasteiger partial charge in [-0.1, -0.05) is 31.4 Å². The van der Waals surface area contributed by atoms with Crippen molar-refractivity contribution in [1.82, 2.24) is 0 Å². The maximum atomic E-state index is 13.0. The lowest BCUT2D eigenvalue weighted by Crippen LogP contribution is -2.31. The average molecular weight is 378 g/mol. The topological polar surface area (TPSA) is 49.9 Å². The molecular weight excluding hydrogens is 352 g/mol. The summed E-state index contributed by atoms with van der Waals surface area (Å²) in [6, 6.07) is 15.4. The maximum Gasteiger partial charge on any atom is 0.337 e. The van der Waals surface area contributed by atoms with Crippen molar-refractivity contribution in [1.29, 1.82) is 0 Å². The predicted octanol–water partition coefficient (Wildman–Crippen LogP) is 4.97. The fourth-order valence-electron chi connectivity index (χ4n) is 4.29. The Morgan fingerprint density at radius 2 is 1.61 bits per heavy atom. The van der Waals surface area contributed by atoms with E-state index in [0.717, 1.165) is 11.4 Å². The van der Waals surface area contributed by atoms with Gasteiger partial charge in [-0.2, -0.15) is 0 Å². The molecule has 5 nitrogen and oxygen atoms in total. The minimum atomic E-state index is -0.375. The second kappa shape index (κ2) is 8.05. The van der Waals surface area contributed by atoms with E-state index in [4.69, 9.17) is 4.74 Å². The van der Waals surface area contributed by atoms with Gasteiger partial charge in [0.15, 0.2) is 0 Å². The zero-order chi connectivity index (χ0) is 19.5. The van der Waals surface area contributed by atoms with Crippen LogP contribution in [0.25, 0.3) is 0 Å². The third-order valence-electron chi connectivity index (χ3n) is 5.87. The van der Waals surface area contributed by atoms with E-state index < -0.39 is 0 Å². The summed E-state index contributed by atoms with van der Waals surface area (Å²) in [7, 11) is 1.36. The van der Waals surface area contributed by atoms with E-state index in [1.165, 1.54) is 44.8 Å². The van der Waals surface area contributed by atoms with Crippen LogP contribution in [0.15, 0.2) is 48.5 Å². The van der Waals surface area contributed by atoms with Crippen LogP contribution in [0.1, 0.15) is 53.9 Å². The largest absolute Gasteiger partial charge is 0.465 e. The summed E-state index contributed by atoms with van der Waals surface area (Å²) in [5.74, 6) is 0.244. The first-order valence-electron chi connectivity index (χ1n) is 10.0. The number of carbonyl (C=O) groups is 2. The molecule has 146 valence electrons. The van der Waals surface area contributed by atoms with Crippen LogP contribution in [-0.4, -0.2) is 32.2 Å². The van der Waals surface area contributed by atoms with Gasteiger partial charge in [0.2, 0.25) is 0 Å². The Morgan fingerprint density at radius 1 is 0.929 bits per heavy atom. The normalized spacial score (nSPS) is 17.8. The molecule has 2 aromatic carbocycles. The zero-order valence-electron chi connectivity index (χ0n) is 16.3. The Kier molecular flexibility index (Phi) is 5.33. The van der Waals surface area contributed by atoms with Crippen molar-refractivity contribution in [3.05, 3.63) is 59.7 Å². The number of carbonyl (C=O) groups excluding carboxylic acids is 2. The Labute approximate surface area is 165 Å². The van der Waals surface area contributed by atoms with E-state index in [1.807, 2.05) is 11.0 Å².